The fourth-order valence-electron chi connectivity index (χ4n) is 0.982. The predicted octanol–water partition coefficient (Wildman–Crippen LogP) is 1.90. The first-order valence-corrected chi connectivity index (χ1v) is 4.29. The van der Waals surface area contributed by atoms with E-state index in [0.717, 1.165) is 0 Å². The Morgan fingerprint density at radius 3 is 3.00 bits per heavy atom. The second kappa shape index (κ2) is 3.76. The van der Waals surface area contributed by atoms with Gasteiger partial charge in [-0.1, -0.05) is 6.08 Å². The molecule has 0 aliphatic heterocycles. The predicted molar refractivity (Wildman–Crippen MR) is 47.8 cm³/mol. The van der Waals surface area contributed by atoms with Crippen molar-refractivity contribution in [3.8, 4) is 0 Å². The van der Waals surface area contributed by atoms with Gasteiger partial charge < -0.3 is 9.84 Å². The molecule has 0 radical (unpaired) electrons. The van der Waals surface area contributed by atoms with E-state index in [0.29, 0.717) is 10.9 Å². The number of ether oxygens (including phenoxy) is 1. The first-order chi connectivity index (χ1) is 5.65. The molecule has 12 heavy (non-hydrogen) atoms. The van der Waals surface area contributed by atoms with E-state index in [-0.39, 0.29) is 17.6 Å². The lowest BCUT2D eigenvalue weighted by molar-refractivity contribution is -0.143. The summed E-state index contributed by atoms with van der Waals surface area (Å²) in [6, 6.07) is 0. The molecule has 1 atom stereocenters. The molecule has 0 heterocycles. The van der Waals surface area contributed by atoms with E-state index in [1.54, 1.807) is 12.2 Å². The Kier molecular flexibility index (Phi) is 2.92. The Balaban J connectivity index is 2.71. The third-order valence-electron chi connectivity index (χ3n) is 1.66. The number of rotatable bonds is 1. The van der Waals surface area contributed by atoms with E-state index in [9.17, 15) is 4.79 Å². The van der Waals surface area contributed by atoms with Gasteiger partial charge in [0.25, 0.3) is 0 Å². The Bertz CT molecular complexity index is 255. The Hall–Kier alpha value is -0.770. The van der Waals surface area contributed by atoms with Crippen molar-refractivity contribution in [1.82, 2.24) is 0 Å². The van der Waals surface area contributed by atoms with Gasteiger partial charge in [-0.3, -0.25) is 4.79 Å². The van der Waals surface area contributed by atoms with Gasteiger partial charge >= 0.3 is 5.97 Å². The molecule has 0 aromatic rings. The largest absolute Gasteiger partial charge is 0.507 e. The standard InChI is InChI=1S/C8H9BrO3/c1-12-8(11)5-2-3-7(10)6(9)4-5/h3-5,10H,2H2,1H3. The number of allylic oxidation sites excluding steroid dienone is 2. The number of halogens is 1. The highest BCUT2D eigenvalue weighted by Gasteiger charge is 2.20. The van der Waals surface area contributed by atoms with Gasteiger partial charge in [-0.15, -0.1) is 0 Å². The van der Waals surface area contributed by atoms with Gasteiger partial charge in [-0.2, -0.15) is 0 Å². The van der Waals surface area contributed by atoms with Crippen molar-refractivity contribution in [2.75, 3.05) is 7.11 Å². The normalized spacial score (nSPS) is 22.7. The summed E-state index contributed by atoms with van der Waals surface area (Å²) in [6.45, 7) is 0. The third-order valence-corrected chi connectivity index (χ3v) is 2.33. The molecule has 0 bridgehead atoms. The van der Waals surface area contributed by atoms with Crippen LogP contribution in [0.4, 0.5) is 0 Å². The van der Waals surface area contributed by atoms with Crippen molar-refractivity contribution in [1.29, 1.82) is 0 Å². The van der Waals surface area contributed by atoms with Crippen molar-refractivity contribution in [3.63, 3.8) is 0 Å². The summed E-state index contributed by atoms with van der Waals surface area (Å²) < 4.78 is 5.10. The molecule has 3 nitrogen and oxygen atoms in total. The Morgan fingerprint density at radius 2 is 2.50 bits per heavy atom. The van der Waals surface area contributed by atoms with Crippen LogP contribution in [0, 0.1) is 5.92 Å². The van der Waals surface area contributed by atoms with Gasteiger partial charge in [-0.25, -0.2) is 0 Å². The van der Waals surface area contributed by atoms with Crippen LogP contribution in [0.3, 0.4) is 0 Å². The summed E-state index contributed by atoms with van der Waals surface area (Å²) in [7, 11) is 1.35. The van der Waals surface area contributed by atoms with Crippen LogP contribution < -0.4 is 0 Å². The van der Waals surface area contributed by atoms with Crippen molar-refractivity contribution in [2.24, 2.45) is 5.92 Å². The van der Waals surface area contributed by atoms with Crippen LogP contribution in [0.1, 0.15) is 6.42 Å². The second-order valence-electron chi connectivity index (χ2n) is 2.47. The molecule has 1 rings (SSSR count). The minimum absolute atomic E-state index is 0.176. The zero-order chi connectivity index (χ0) is 9.14. The lowest BCUT2D eigenvalue weighted by atomic mass is 10.0. The summed E-state index contributed by atoms with van der Waals surface area (Å²) in [6.07, 6.45) is 3.72. The van der Waals surface area contributed by atoms with E-state index in [2.05, 4.69) is 20.7 Å². The van der Waals surface area contributed by atoms with Crippen molar-refractivity contribution >= 4 is 21.9 Å². The molecular formula is C8H9BrO3. The molecule has 66 valence electrons. The summed E-state index contributed by atoms with van der Waals surface area (Å²) in [4.78, 5) is 11.0. The molecule has 0 saturated heterocycles. The highest BCUT2D eigenvalue weighted by molar-refractivity contribution is 9.11. The topological polar surface area (TPSA) is 46.5 Å². The number of hydrogen-bond donors (Lipinski definition) is 1. The lowest BCUT2D eigenvalue weighted by Gasteiger charge is -2.13. The van der Waals surface area contributed by atoms with Crippen LogP contribution in [0.2, 0.25) is 0 Å². The number of methoxy groups -OCH3 is 1. The quantitative estimate of drug-likeness (QED) is 0.703. The van der Waals surface area contributed by atoms with E-state index < -0.39 is 0 Å². The molecule has 0 aromatic heterocycles. The molecule has 0 saturated carbocycles. The van der Waals surface area contributed by atoms with E-state index in [1.165, 1.54) is 7.11 Å². The number of aliphatic hydroxyl groups is 1. The zero-order valence-corrected chi connectivity index (χ0v) is 8.17. The average Bonchev–Trinajstić information content (AvgIpc) is 2.08. The number of carbonyl (C=O) groups is 1. The number of carbonyl (C=O) groups excluding carboxylic acids is 1. The zero-order valence-electron chi connectivity index (χ0n) is 6.58. The lowest BCUT2D eigenvalue weighted by Crippen LogP contribution is -2.15. The maximum atomic E-state index is 11.0. The Morgan fingerprint density at radius 1 is 1.83 bits per heavy atom. The van der Waals surface area contributed by atoms with Gasteiger partial charge in [-0.05, 0) is 28.4 Å². The first-order valence-electron chi connectivity index (χ1n) is 3.49. The molecule has 1 N–H and O–H groups in total. The van der Waals surface area contributed by atoms with Crippen molar-refractivity contribution in [3.05, 3.63) is 22.4 Å². The molecule has 1 unspecified atom stereocenters. The van der Waals surface area contributed by atoms with E-state index in [4.69, 9.17) is 5.11 Å². The molecule has 0 fully saturated rings. The SMILES string of the molecule is COC(=O)C1C=C(Br)C(O)=CC1. The number of hydrogen-bond acceptors (Lipinski definition) is 3. The van der Waals surface area contributed by atoms with E-state index in [1.807, 2.05) is 0 Å². The number of esters is 1. The summed E-state index contributed by atoms with van der Waals surface area (Å²) in [5, 5.41) is 9.14. The van der Waals surface area contributed by atoms with Crippen LogP contribution in [0.25, 0.3) is 0 Å². The van der Waals surface area contributed by atoms with Crippen LogP contribution in [0.15, 0.2) is 22.4 Å². The smallest absolute Gasteiger partial charge is 0.312 e. The highest BCUT2D eigenvalue weighted by Crippen LogP contribution is 2.25. The van der Waals surface area contributed by atoms with Gasteiger partial charge in [0, 0.05) is 0 Å². The fourth-order valence-corrected chi connectivity index (χ4v) is 1.46. The van der Waals surface area contributed by atoms with Crippen LogP contribution in [-0.2, 0) is 9.53 Å². The van der Waals surface area contributed by atoms with Gasteiger partial charge in [0.2, 0.25) is 0 Å². The maximum Gasteiger partial charge on any atom is 0.312 e. The molecule has 0 amide bonds. The van der Waals surface area contributed by atoms with Crippen LogP contribution >= 0.6 is 15.9 Å². The third kappa shape index (κ3) is 1.88. The Labute approximate surface area is 78.8 Å². The summed E-state index contributed by atoms with van der Waals surface area (Å²) in [5.74, 6) is -0.383. The van der Waals surface area contributed by atoms with E-state index >= 15 is 0 Å². The van der Waals surface area contributed by atoms with Crippen molar-refractivity contribution in [2.45, 2.75) is 6.42 Å². The molecule has 0 spiro atoms. The molecule has 4 heteroatoms. The van der Waals surface area contributed by atoms with Gasteiger partial charge in [0.15, 0.2) is 0 Å². The monoisotopic (exact) mass is 232 g/mol. The fraction of sp³-hybridized carbons (Fsp3) is 0.375. The number of aliphatic hydroxyl groups excluding tert-OH is 1. The van der Waals surface area contributed by atoms with Gasteiger partial charge in [0.1, 0.15) is 5.76 Å². The molecule has 0 aromatic carbocycles. The molecule has 1 aliphatic rings. The first kappa shape index (κ1) is 9.32. The highest BCUT2D eigenvalue weighted by atomic mass is 79.9. The summed E-state index contributed by atoms with van der Waals surface area (Å²) >= 11 is 3.13. The van der Waals surface area contributed by atoms with Crippen molar-refractivity contribution < 1.29 is 14.6 Å². The van der Waals surface area contributed by atoms with Gasteiger partial charge in [0.05, 0.1) is 17.5 Å². The maximum absolute atomic E-state index is 11.0. The molecular weight excluding hydrogens is 224 g/mol. The average molecular weight is 233 g/mol. The molecule has 1 aliphatic carbocycles. The summed E-state index contributed by atoms with van der Waals surface area (Å²) in [5.41, 5.74) is 0. The second-order valence-corrected chi connectivity index (χ2v) is 3.32. The minimum atomic E-state index is -0.282. The van der Waals surface area contributed by atoms with Crippen LogP contribution in [-0.4, -0.2) is 18.2 Å². The minimum Gasteiger partial charge on any atom is -0.507 e. The van der Waals surface area contributed by atoms with Crippen LogP contribution in [0.5, 0.6) is 0 Å².